The van der Waals surface area contributed by atoms with Crippen molar-refractivity contribution in [2.24, 2.45) is 14.1 Å². The lowest BCUT2D eigenvalue weighted by Crippen LogP contribution is -2.26. The van der Waals surface area contributed by atoms with Crippen LogP contribution in [0.5, 0.6) is 0 Å². The third-order valence-corrected chi connectivity index (χ3v) is 3.57. The van der Waals surface area contributed by atoms with Crippen LogP contribution in [0.1, 0.15) is 33.1 Å². The number of nitrogens with one attached hydrogen (secondary N) is 1. The van der Waals surface area contributed by atoms with Crippen LogP contribution < -0.4 is 5.32 Å². The SMILES string of the molecule is Cc1nn(C)c(C)c1C(=O)NCCc1cc(C)n(C)n1. The van der Waals surface area contributed by atoms with E-state index >= 15 is 0 Å². The number of carbonyl (C=O) groups excluding carboxylic acids is 1. The number of nitrogens with zero attached hydrogens (tertiary/aromatic N) is 4. The highest BCUT2D eigenvalue weighted by molar-refractivity contribution is 5.96. The molecule has 0 unspecified atom stereocenters. The average molecular weight is 275 g/mol. The van der Waals surface area contributed by atoms with Gasteiger partial charge in [-0.2, -0.15) is 10.2 Å². The summed E-state index contributed by atoms with van der Waals surface area (Å²) in [7, 11) is 3.76. The molecule has 2 rings (SSSR count). The Hall–Kier alpha value is -2.11. The van der Waals surface area contributed by atoms with Gasteiger partial charge in [-0.1, -0.05) is 0 Å². The average Bonchev–Trinajstić information content (AvgIpc) is 2.80. The van der Waals surface area contributed by atoms with Crippen LogP contribution in [-0.4, -0.2) is 32.0 Å². The Kier molecular flexibility index (Phi) is 3.92. The lowest BCUT2D eigenvalue weighted by Gasteiger charge is -2.04. The number of aryl methyl sites for hydroxylation is 4. The van der Waals surface area contributed by atoms with Crippen molar-refractivity contribution in [2.75, 3.05) is 6.54 Å². The quantitative estimate of drug-likeness (QED) is 0.907. The summed E-state index contributed by atoms with van der Waals surface area (Å²) < 4.78 is 3.57. The molecule has 1 N–H and O–H groups in total. The van der Waals surface area contributed by atoms with E-state index in [-0.39, 0.29) is 5.91 Å². The van der Waals surface area contributed by atoms with Gasteiger partial charge in [0.2, 0.25) is 0 Å². The molecule has 0 aliphatic carbocycles. The minimum atomic E-state index is -0.0687. The van der Waals surface area contributed by atoms with Crippen LogP contribution in [0.2, 0.25) is 0 Å². The van der Waals surface area contributed by atoms with Crippen molar-refractivity contribution in [3.8, 4) is 0 Å². The van der Waals surface area contributed by atoms with Gasteiger partial charge in [-0.3, -0.25) is 14.2 Å². The molecule has 20 heavy (non-hydrogen) atoms. The number of hydrogen-bond acceptors (Lipinski definition) is 3. The number of amides is 1. The van der Waals surface area contributed by atoms with E-state index in [1.54, 1.807) is 4.68 Å². The molecule has 0 fully saturated rings. The summed E-state index contributed by atoms with van der Waals surface area (Å²) in [4.78, 5) is 12.2. The van der Waals surface area contributed by atoms with Crippen molar-refractivity contribution in [1.29, 1.82) is 0 Å². The zero-order chi connectivity index (χ0) is 14.9. The molecular weight excluding hydrogens is 254 g/mol. The molecule has 0 bridgehead atoms. The summed E-state index contributed by atoms with van der Waals surface area (Å²) in [5.74, 6) is -0.0687. The van der Waals surface area contributed by atoms with E-state index in [9.17, 15) is 4.79 Å². The van der Waals surface area contributed by atoms with Gasteiger partial charge < -0.3 is 5.32 Å². The topological polar surface area (TPSA) is 64.7 Å². The maximum atomic E-state index is 12.2. The molecule has 6 heteroatoms. The van der Waals surface area contributed by atoms with Crippen LogP contribution in [0.15, 0.2) is 6.07 Å². The summed E-state index contributed by atoms with van der Waals surface area (Å²) >= 11 is 0. The summed E-state index contributed by atoms with van der Waals surface area (Å²) in [6.45, 7) is 6.33. The van der Waals surface area contributed by atoms with Crippen molar-refractivity contribution in [1.82, 2.24) is 24.9 Å². The molecule has 0 atom stereocenters. The lowest BCUT2D eigenvalue weighted by molar-refractivity contribution is 0.0952. The molecule has 108 valence electrons. The third-order valence-electron chi connectivity index (χ3n) is 3.57. The van der Waals surface area contributed by atoms with Gasteiger partial charge in [0, 0.05) is 38.4 Å². The Labute approximate surface area is 118 Å². The van der Waals surface area contributed by atoms with E-state index in [0.29, 0.717) is 12.1 Å². The van der Waals surface area contributed by atoms with Crippen molar-refractivity contribution in [2.45, 2.75) is 27.2 Å². The van der Waals surface area contributed by atoms with Gasteiger partial charge in [-0.15, -0.1) is 0 Å². The van der Waals surface area contributed by atoms with Crippen LogP contribution in [0.4, 0.5) is 0 Å². The van der Waals surface area contributed by atoms with E-state index in [4.69, 9.17) is 0 Å². The number of hydrogen-bond donors (Lipinski definition) is 1. The second kappa shape index (κ2) is 5.48. The summed E-state index contributed by atoms with van der Waals surface area (Å²) in [5, 5.41) is 11.6. The van der Waals surface area contributed by atoms with Gasteiger partial charge in [-0.05, 0) is 26.8 Å². The fourth-order valence-electron chi connectivity index (χ4n) is 2.25. The van der Waals surface area contributed by atoms with Gasteiger partial charge in [-0.25, -0.2) is 0 Å². The van der Waals surface area contributed by atoms with Crippen molar-refractivity contribution in [3.63, 3.8) is 0 Å². The van der Waals surface area contributed by atoms with E-state index < -0.39 is 0 Å². The van der Waals surface area contributed by atoms with E-state index in [0.717, 1.165) is 29.2 Å². The molecule has 0 radical (unpaired) electrons. The van der Waals surface area contributed by atoms with Crippen molar-refractivity contribution >= 4 is 5.91 Å². The molecule has 0 aliphatic rings. The minimum Gasteiger partial charge on any atom is -0.352 e. The standard InChI is InChI=1S/C14H21N5O/c1-9-8-12(17-18(9)4)6-7-15-14(20)13-10(2)16-19(5)11(13)3/h8H,6-7H2,1-5H3,(H,15,20). The zero-order valence-electron chi connectivity index (χ0n) is 12.7. The molecule has 0 saturated heterocycles. The first-order valence-corrected chi connectivity index (χ1v) is 6.68. The maximum absolute atomic E-state index is 12.2. The first kappa shape index (κ1) is 14.3. The number of carbonyl (C=O) groups is 1. The van der Waals surface area contributed by atoms with Crippen LogP contribution >= 0.6 is 0 Å². The summed E-state index contributed by atoms with van der Waals surface area (Å²) in [6.07, 6.45) is 0.728. The molecule has 0 aromatic carbocycles. The number of aromatic nitrogens is 4. The fraction of sp³-hybridized carbons (Fsp3) is 0.500. The van der Waals surface area contributed by atoms with Crippen LogP contribution in [-0.2, 0) is 20.5 Å². The zero-order valence-corrected chi connectivity index (χ0v) is 12.7. The Morgan fingerprint density at radius 2 is 1.90 bits per heavy atom. The normalized spacial score (nSPS) is 10.8. The Balaban J connectivity index is 1.95. The predicted molar refractivity (Wildman–Crippen MR) is 76.7 cm³/mol. The first-order chi connectivity index (χ1) is 9.40. The Morgan fingerprint density at radius 1 is 1.20 bits per heavy atom. The van der Waals surface area contributed by atoms with Crippen LogP contribution in [0.3, 0.4) is 0 Å². The molecule has 0 saturated carbocycles. The van der Waals surface area contributed by atoms with Crippen LogP contribution in [0, 0.1) is 20.8 Å². The predicted octanol–water partition coefficient (Wildman–Crippen LogP) is 1.05. The molecular formula is C14H21N5O. The molecule has 2 aromatic rings. The van der Waals surface area contributed by atoms with Gasteiger partial charge in [0.1, 0.15) is 0 Å². The highest BCUT2D eigenvalue weighted by Crippen LogP contribution is 2.11. The monoisotopic (exact) mass is 275 g/mol. The van der Waals surface area contributed by atoms with Gasteiger partial charge in [0.25, 0.3) is 5.91 Å². The highest BCUT2D eigenvalue weighted by atomic mass is 16.1. The highest BCUT2D eigenvalue weighted by Gasteiger charge is 2.16. The second-order valence-electron chi connectivity index (χ2n) is 5.08. The molecule has 1 amide bonds. The van der Waals surface area contributed by atoms with Gasteiger partial charge in [0.05, 0.1) is 17.0 Å². The smallest absolute Gasteiger partial charge is 0.255 e. The van der Waals surface area contributed by atoms with Gasteiger partial charge in [0.15, 0.2) is 0 Å². The lowest BCUT2D eigenvalue weighted by atomic mass is 10.2. The minimum absolute atomic E-state index is 0.0687. The molecule has 2 aromatic heterocycles. The van der Waals surface area contributed by atoms with Crippen LogP contribution in [0.25, 0.3) is 0 Å². The Morgan fingerprint density at radius 3 is 2.40 bits per heavy atom. The molecule has 0 aliphatic heterocycles. The van der Waals surface area contributed by atoms with E-state index in [1.165, 1.54) is 0 Å². The Bertz CT molecular complexity index is 619. The maximum Gasteiger partial charge on any atom is 0.255 e. The van der Waals surface area contributed by atoms with Gasteiger partial charge >= 0.3 is 0 Å². The van der Waals surface area contributed by atoms with Crippen molar-refractivity contribution in [3.05, 3.63) is 34.4 Å². The second-order valence-corrected chi connectivity index (χ2v) is 5.08. The third kappa shape index (κ3) is 2.74. The fourth-order valence-corrected chi connectivity index (χ4v) is 2.25. The summed E-state index contributed by atoms with van der Waals surface area (Å²) in [5.41, 5.74) is 4.42. The van der Waals surface area contributed by atoms with E-state index in [1.807, 2.05) is 45.6 Å². The molecule has 0 spiro atoms. The molecule has 6 nitrogen and oxygen atoms in total. The van der Waals surface area contributed by atoms with Crippen molar-refractivity contribution < 1.29 is 4.79 Å². The number of rotatable bonds is 4. The first-order valence-electron chi connectivity index (χ1n) is 6.68. The van der Waals surface area contributed by atoms with E-state index in [2.05, 4.69) is 15.5 Å². The largest absolute Gasteiger partial charge is 0.352 e. The summed E-state index contributed by atoms with van der Waals surface area (Å²) in [6, 6.07) is 2.03. The molecule has 2 heterocycles.